The number of rotatable bonds is 4. The number of carboxylic acids is 2. The molecule has 0 atom stereocenters. The second-order valence-electron chi connectivity index (χ2n) is 4.42. The Balaban J connectivity index is 0.000000385. The Hall–Kier alpha value is -1.95. The molecule has 3 N–H and O–H groups in total. The van der Waals surface area contributed by atoms with Gasteiger partial charge in [-0.15, -0.1) is 6.54 Å². The van der Waals surface area contributed by atoms with Crippen molar-refractivity contribution < 1.29 is 40.9 Å². The van der Waals surface area contributed by atoms with Crippen molar-refractivity contribution in [3.8, 4) is 0 Å². The fourth-order valence-corrected chi connectivity index (χ4v) is 1.73. The quantitative estimate of drug-likeness (QED) is 0.289. The van der Waals surface area contributed by atoms with Gasteiger partial charge in [-0.1, -0.05) is 5.11 Å². The van der Waals surface area contributed by atoms with Crippen molar-refractivity contribution in [2.75, 3.05) is 0 Å². The molecule has 0 aromatic carbocycles. The number of carboxylic acid groups (broad SMARTS) is 2. The van der Waals surface area contributed by atoms with E-state index in [2.05, 4.69) is 15.0 Å². The van der Waals surface area contributed by atoms with Crippen molar-refractivity contribution in [1.29, 1.82) is 0 Å². The van der Waals surface area contributed by atoms with Crippen LogP contribution in [0.5, 0.6) is 0 Å². The third-order valence-corrected chi connectivity index (χ3v) is 3.17. The Morgan fingerprint density at radius 1 is 1.41 bits per heavy atom. The number of hydrogen-bond acceptors (Lipinski definition) is 4. The first kappa shape index (κ1) is 20.0. The van der Waals surface area contributed by atoms with Crippen LogP contribution < -0.4 is 0 Å². The van der Waals surface area contributed by atoms with Gasteiger partial charge in [0.25, 0.3) is 0 Å². The number of nitrogens with zero attached hydrogens (tertiary/aromatic N) is 4. The molecule has 1 aromatic rings. The number of hydrogen-bond donors (Lipinski definition) is 2. The molecule has 1 fully saturated rings. The van der Waals surface area contributed by atoms with Crippen molar-refractivity contribution in [2.24, 2.45) is 10.5 Å². The van der Waals surface area contributed by atoms with Crippen LogP contribution in [0.15, 0.2) is 23.4 Å². The van der Waals surface area contributed by atoms with E-state index in [9.17, 15) is 9.59 Å². The number of nitrogens with one attached hydrogen (secondary N) is 1. The van der Waals surface area contributed by atoms with Crippen LogP contribution in [-0.4, -0.2) is 27.1 Å². The van der Waals surface area contributed by atoms with Gasteiger partial charge in [0.1, 0.15) is 0 Å². The Bertz CT molecular complexity index is 569. The zero-order valence-electron chi connectivity index (χ0n) is 11.4. The molecule has 9 nitrogen and oxygen atoms in total. The van der Waals surface area contributed by atoms with Gasteiger partial charge in [-0.05, 0) is 36.9 Å². The fourth-order valence-electron chi connectivity index (χ4n) is 1.73. The van der Waals surface area contributed by atoms with Crippen LogP contribution >= 0.6 is 0 Å². The van der Waals surface area contributed by atoms with Gasteiger partial charge in [-0.2, -0.15) is 0 Å². The Labute approximate surface area is 140 Å². The van der Waals surface area contributed by atoms with Crippen LogP contribution in [0.25, 0.3) is 16.2 Å². The normalized spacial score (nSPS) is 14.0. The Morgan fingerprint density at radius 2 is 2.00 bits per heavy atom. The third-order valence-electron chi connectivity index (χ3n) is 3.17. The molecule has 0 spiro atoms. The van der Waals surface area contributed by atoms with Gasteiger partial charge in [0.2, 0.25) is 0 Å². The monoisotopic (exact) mass is 487 g/mol. The minimum atomic E-state index is -1.44. The van der Waals surface area contributed by atoms with Gasteiger partial charge in [0, 0.05) is 43.6 Å². The van der Waals surface area contributed by atoms with Crippen LogP contribution in [-0.2, 0) is 37.2 Å². The summed E-state index contributed by atoms with van der Waals surface area (Å²) in [7, 11) is 0. The predicted octanol–water partition coefficient (Wildman–Crippen LogP) is 2.90. The minimum absolute atomic E-state index is 0. The number of pyridine rings is 1. The molecule has 1 heterocycles. The van der Waals surface area contributed by atoms with Crippen molar-refractivity contribution in [3.05, 3.63) is 40.2 Å². The van der Waals surface area contributed by atoms with Gasteiger partial charge in [-0.25, -0.2) is 0 Å². The van der Waals surface area contributed by atoms with E-state index in [4.69, 9.17) is 21.5 Å². The second kappa shape index (κ2) is 9.14. The van der Waals surface area contributed by atoms with Crippen LogP contribution in [0, 0.1) is 5.41 Å². The number of carbonyl (C=O) groups is 2. The molecular weight excluding hydrogens is 473 g/mol. The number of aliphatic carboxylic acids is 2. The summed E-state index contributed by atoms with van der Waals surface area (Å²) in [5.41, 5.74) is 14.7. The summed E-state index contributed by atoms with van der Waals surface area (Å²) in [4.78, 5) is 27.2. The van der Waals surface area contributed by atoms with Crippen molar-refractivity contribution >= 4 is 17.6 Å². The van der Waals surface area contributed by atoms with E-state index in [1.807, 2.05) is 0 Å². The summed E-state index contributed by atoms with van der Waals surface area (Å²) in [6.45, 7) is 0.106. The van der Waals surface area contributed by atoms with Crippen LogP contribution in [0.4, 0.5) is 5.69 Å². The van der Waals surface area contributed by atoms with E-state index in [1.165, 1.54) is 6.20 Å². The van der Waals surface area contributed by atoms with Crippen LogP contribution in [0.1, 0.15) is 25.0 Å². The zero-order valence-corrected chi connectivity index (χ0v) is 13.6. The van der Waals surface area contributed by atoms with E-state index in [1.54, 1.807) is 12.1 Å². The summed E-state index contributed by atoms with van der Waals surface area (Å²) < 4.78 is 0. The molecule has 0 amide bonds. The molecule has 10 heteroatoms. The maximum atomic E-state index is 10.4. The van der Waals surface area contributed by atoms with Crippen LogP contribution in [0.3, 0.4) is 0 Å². The first-order valence-corrected chi connectivity index (χ1v) is 6.07. The van der Waals surface area contributed by atoms with E-state index in [0.29, 0.717) is 17.8 Å². The molecule has 1 aliphatic carbocycles. The number of azide groups is 1. The molecule has 1 saturated carbocycles. The molecule has 1 aliphatic rings. The maximum absolute atomic E-state index is 10.4. The minimum Gasteiger partial charge on any atom is -0.672 e. The van der Waals surface area contributed by atoms with E-state index in [-0.39, 0.29) is 40.5 Å². The molecule has 0 saturated heterocycles. The van der Waals surface area contributed by atoms with Gasteiger partial charge in [0.05, 0.1) is 0 Å². The molecule has 22 heavy (non-hydrogen) atoms. The zero-order chi connectivity index (χ0) is 15.9. The van der Waals surface area contributed by atoms with Crippen molar-refractivity contribution in [3.63, 3.8) is 0 Å². The standard InChI is InChI=1S/C6H6N5.C6H8O4.Pt/c7-4-6-3-5(10-11-8)1-2-9-6;7-4(8)6(5(9)10)2-1-3-6;/h1-3,7H,4H2;1-3H2,(H,7,8)(H,9,10);/q-1;;. The molecule has 1 aromatic heterocycles. The first-order chi connectivity index (χ1) is 9.96. The van der Waals surface area contributed by atoms with E-state index in [0.717, 1.165) is 0 Å². The smallest absolute Gasteiger partial charge is 0.321 e. The first-order valence-electron chi connectivity index (χ1n) is 6.07. The third kappa shape index (κ3) is 4.80. The maximum Gasteiger partial charge on any atom is 0.321 e. The van der Waals surface area contributed by atoms with E-state index >= 15 is 0 Å². The van der Waals surface area contributed by atoms with Crippen molar-refractivity contribution in [1.82, 2.24) is 4.98 Å². The molecule has 0 radical (unpaired) electrons. The Morgan fingerprint density at radius 3 is 2.32 bits per heavy atom. The van der Waals surface area contributed by atoms with Gasteiger partial charge >= 0.3 is 11.9 Å². The number of aromatic nitrogens is 1. The Kier molecular flexibility index (Phi) is 8.33. The molecule has 0 aliphatic heterocycles. The summed E-state index contributed by atoms with van der Waals surface area (Å²) in [6.07, 6.45) is 2.78. The SMILES string of the molecule is O=C(O)C1(C(=O)O)CCC1.[N-]=[N+]=Nc1ccnc(C[NH-])c1.[Pt]. The van der Waals surface area contributed by atoms with Gasteiger partial charge in [-0.3, -0.25) is 14.6 Å². The van der Waals surface area contributed by atoms with Gasteiger partial charge < -0.3 is 15.9 Å². The predicted molar refractivity (Wildman–Crippen MR) is 72.6 cm³/mol. The summed E-state index contributed by atoms with van der Waals surface area (Å²) in [5, 5.41) is 20.3. The molecular formula is C12H14N5O4Pt-. The second-order valence-corrected chi connectivity index (χ2v) is 4.42. The summed E-state index contributed by atoms with van der Waals surface area (Å²) >= 11 is 0. The molecule has 122 valence electrons. The fraction of sp³-hybridized carbons (Fsp3) is 0.417. The molecule has 0 unspecified atom stereocenters. The largest absolute Gasteiger partial charge is 0.672 e. The van der Waals surface area contributed by atoms with E-state index < -0.39 is 17.4 Å². The summed E-state index contributed by atoms with van der Waals surface area (Å²) in [6, 6.07) is 3.19. The van der Waals surface area contributed by atoms with Gasteiger partial charge in [0.15, 0.2) is 5.41 Å². The molecule has 2 rings (SSSR count). The van der Waals surface area contributed by atoms with Crippen LogP contribution in [0.2, 0.25) is 0 Å². The topological polar surface area (TPSA) is 160 Å². The molecule has 0 bridgehead atoms. The average molecular weight is 487 g/mol. The summed E-state index contributed by atoms with van der Waals surface area (Å²) in [5.74, 6) is -2.41. The average Bonchev–Trinajstić information content (AvgIpc) is 2.37. The van der Waals surface area contributed by atoms with Crippen molar-refractivity contribution in [2.45, 2.75) is 25.8 Å².